The number of hydrogen-bond acceptors (Lipinski definition) is 6. The minimum Gasteiger partial charge on any atom is -0.336 e. The summed E-state index contributed by atoms with van der Waals surface area (Å²) in [6, 6.07) is 1.83. The van der Waals surface area contributed by atoms with E-state index in [0.717, 1.165) is 38.0 Å². The van der Waals surface area contributed by atoms with Crippen molar-refractivity contribution in [3.8, 4) is 0 Å². The van der Waals surface area contributed by atoms with Gasteiger partial charge in [0.25, 0.3) is 5.71 Å². The lowest BCUT2D eigenvalue weighted by molar-refractivity contribution is 0.327. The predicted octanol–water partition coefficient (Wildman–Crippen LogP) is 1.30. The van der Waals surface area contributed by atoms with E-state index in [-0.39, 0.29) is 17.0 Å². The third-order valence-electron chi connectivity index (χ3n) is 4.59. The fraction of sp³-hybridized carbons (Fsp3) is 0.600. The first-order valence-electron chi connectivity index (χ1n) is 8.10. The number of fused-ring (bicyclic) bond motifs is 1. The topological polar surface area (TPSA) is 88.3 Å². The molecule has 1 N–H and O–H groups in total. The van der Waals surface area contributed by atoms with E-state index in [1.807, 2.05) is 6.92 Å². The molecule has 0 amide bonds. The number of aryl methyl sites for hydroxylation is 1. The average molecular weight is 336 g/mol. The fourth-order valence-electron chi connectivity index (χ4n) is 3.25. The minimum atomic E-state index is -3.55. The van der Waals surface area contributed by atoms with Crippen LogP contribution in [0.15, 0.2) is 21.7 Å². The Morgan fingerprint density at radius 3 is 2.83 bits per heavy atom. The van der Waals surface area contributed by atoms with Gasteiger partial charge in [0, 0.05) is 18.6 Å². The normalized spacial score (nSPS) is 22.3. The van der Waals surface area contributed by atoms with Gasteiger partial charge in [0.2, 0.25) is 10.0 Å². The van der Waals surface area contributed by atoms with Gasteiger partial charge in [-0.05, 0) is 38.3 Å². The zero-order chi connectivity index (χ0) is 16.0. The van der Waals surface area contributed by atoms with Crippen molar-refractivity contribution in [1.82, 2.24) is 19.8 Å². The number of pyridine rings is 1. The number of nitrogens with zero attached hydrogens (tertiary/aromatic N) is 3. The summed E-state index contributed by atoms with van der Waals surface area (Å²) in [6.07, 6.45) is 4.81. The van der Waals surface area contributed by atoms with E-state index in [1.165, 1.54) is 6.20 Å². The highest BCUT2D eigenvalue weighted by atomic mass is 32.2. The van der Waals surface area contributed by atoms with Gasteiger partial charge in [-0.25, -0.2) is 13.4 Å². The van der Waals surface area contributed by atoms with Gasteiger partial charge in [-0.2, -0.15) is 4.31 Å². The van der Waals surface area contributed by atoms with Crippen LogP contribution in [0.5, 0.6) is 0 Å². The summed E-state index contributed by atoms with van der Waals surface area (Å²) in [6.45, 7) is 3.55. The molecule has 0 radical (unpaired) electrons. The molecule has 0 spiro atoms. The van der Waals surface area contributed by atoms with E-state index in [9.17, 15) is 8.42 Å². The molecule has 7 nitrogen and oxygen atoms in total. The second kappa shape index (κ2) is 5.54. The maximum atomic E-state index is 13.2. The van der Waals surface area contributed by atoms with Crippen LogP contribution in [-0.2, 0) is 16.4 Å². The zero-order valence-corrected chi connectivity index (χ0v) is 13.8. The Bertz CT molecular complexity index is 822. The van der Waals surface area contributed by atoms with Gasteiger partial charge >= 0.3 is 0 Å². The molecule has 124 valence electrons. The molecule has 1 aliphatic carbocycles. The highest BCUT2D eigenvalue weighted by Gasteiger charge is 2.43. The highest BCUT2D eigenvalue weighted by molar-refractivity contribution is 7.89. The minimum absolute atomic E-state index is 0.0383. The lowest BCUT2D eigenvalue weighted by Crippen LogP contribution is -2.43. The first-order valence-corrected chi connectivity index (χ1v) is 9.54. The van der Waals surface area contributed by atoms with E-state index < -0.39 is 10.0 Å². The first kappa shape index (κ1) is 15.0. The summed E-state index contributed by atoms with van der Waals surface area (Å²) < 4.78 is 33.2. The number of aromatic nitrogens is 2. The summed E-state index contributed by atoms with van der Waals surface area (Å²) in [4.78, 5) is 4.39. The SMILES string of the molecule is CCc1noc2ncc(S(=O)(=O)N(C3CC3)C3CCNC3)cc12. The number of hydrogen-bond donors (Lipinski definition) is 1. The van der Waals surface area contributed by atoms with Crippen LogP contribution in [0.25, 0.3) is 11.1 Å². The van der Waals surface area contributed by atoms with E-state index in [0.29, 0.717) is 17.5 Å². The van der Waals surface area contributed by atoms with E-state index >= 15 is 0 Å². The summed E-state index contributed by atoms with van der Waals surface area (Å²) in [5, 5.41) is 7.90. The molecule has 3 heterocycles. The van der Waals surface area contributed by atoms with Crippen molar-refractivity contribution < 1.29 is 12.9 Å². The van der Waals surface area contributed by atoms with Crippen molar-refractivity contribution in [3.05, 3.63) is 18.0 Å². The molecule has 0 bridgehead atoms. The van der Waals surface area contributed by atoms with Crippen LogP contribution in [0.1, 0.15) is 31.9 Å². The molecular weight excluding hydrogens is 316 g/mol. The summed E-state index contributed by atoms with van der Waals surface area (Å²) in [5.41, 5.74) is 1.13. The average Bonchev–Trinajstić information content (AvgIpc) is 3.07. The predicted molar refractivity (Wildman–Crippen MR) is 84.5 cm³/mol. The van der Waals surface area contributed by atoms with Crippen molar-refractivity contribution >= 4 is 21.1 Å². The van der Waals surface area contributed by atoms with Crippen molar-refractivity contribution in [2.24, 2.45) is 0 Å². The van der Waals surface area contributed by atoms with E-state index in [1.54, 1.807) is 10.4 Å². The van der Waals surface area contributed by atoms with Gasteiger partial charge in [0.05, 0.1) is 17.3 Å². The lowest BCUT2D eigenvalue weighted by Gasteiger charge is -2.27. The third kappa shape index (κ3) is 2.54. The van der Waals surface area contributed by atoms with Crippen molar-refractivity contribution in [1.29, 1.82) is 0 Å². The van der Waals surface area contributed by atoms with Crippen LogP contribution in [0, 0.1) is 0 Å². The monoisotopic (exact) mass is 336 g/mol. The number of rotatable bonds is 5. The molecule has 0 aromatic carbocycles. The molecule has 8 heteroatoms. The Labute approximate surface area is 135 Å². The van der Waals surface area contributed by atoms with Crippen molar-refractivity contribution in [3.63, 3.8) is 0 Å². The molecule has 2 aromatic heterocycles. The van der Waals surface area contributed by atoms with Crippen LogP contribution in [0.4, 0.5) is 0 Å². The Hall–Kier alpha value is -1.51. The Morgan fingerprint density at radius 1 is 1.35 bits per heavy atom. The van der Waals surface area contributed by atoms with Crippen LogP contribution in [0.3, 0.4) is 0 Å². The molecule has 2 aromatic rings. The van der Waals surface area contributed by atoms with Gasteiger partial charge in [-0.1, -0.05) is 12.1 Å². The highest BCUT2D eigenvalue weighted by Crippen LogP contribution is 2.35. The zero-order valence-electron chi connectivity index (χ0n) is 13.0. The van der Waals surface area contributed by atoms with Gasteiger partial charge < -0.3 is 9.84 Å². The van der Waals surface area contributed by atoms with Crippen LogP contribution < -0.4 is 5.32 Å². The molecule has 1 saturated heterocycles. The Kier molecular flexibility index (Phi) is 3.62. The van der Waals surface area contributed by atoms with Gasteiger partial charge in [0.1, 0.15) is 4.90 Å². The Balaban J connectivity index is 1.77. The van der Waals surface area contributed by atoms with Crippen molar-refractivity contribution in [2.75, 3.05) is 13.1 Å². The molecule has 2 aliphatic rings. The van der Waals surface area contributed by atoms with Gasteiger partial charge in [-0.15, -0.1) is 0 Å². The second-order valence-electron chi connectivity index (χ2n) is 6.22. The first-order chi connectivity index (χ1) is 11.1. The number of nitrogens with one attached hydrogen (secondary N) is 1. The Morgan fingerprint density at radius 2 is 2.17 bits per heavy atom. The lowest BCUT2D eigenvalue weighted by atomic mass is 10.2. The maximum Gasteiger partial charge on any atom is 0.258 e. The molecular formula is C15H20N4O3S. The molecule has 1 unspecified atom stereocenters. The van der Waals surface area contributed by atoms with Gasteiger partial charge in [-0.3, -0.25) is 0 Å². The molecule has 2 fully saturated rings. The standard InChI is InChI=1S/C15H20N4O3S/c1-2-14-13-7-12(9-17-15(13)22-18-14)23(20,21)19(10-3-4-10)11-5-6-16-8-11/h7,9-11,16H,2-6,8H2,1H3. The quantitative estimate of drug-likeness (QED) is 0.885. The van der Waals surface area contributed by atoms with Crippen molar-refractivity contribution in [2.45, 2.75) is 49.6 Å². The molecule has 1 atom stereocenters. The fourth-order valence-corrected chi connectivity index (χ4v) is 5.13. The van der Waals surface area contributed by atoms with Crippen LogP contribution in [0.2, 0.25) is 0 Å². The molecule has 4 rings (SSSR count). The second-order valence-corrected chi connectivity index (χ2v) is 8.06. The van der Waals surface area contributed by atoms with Crippen LogP contribution >= 0.6 is 0 Å². The summed E-state index contributed by atoms with van der Waals surface area (Å²) in [7, 11) is -3.55. The molecule has 1 saturated carbocycles. The molecule has 23 heavy (non-hydrogen) atoms. The smallest absolute Gasteiger partial charge is 0.258 e. The summed E-state index contributed by atoms with van der Waals surface area (Å²) >= 11 is 0. The van der Waals surface area contributed by atoms with E-state index in [4.69, 9.17) is 4.52 Å². The number of sulfonamides is 1. The maximum absolute atomic E-state index is 13.2. The largest absolute Gasteiger partial charge is 0.336 e. The van der Waals surface area contributed by atoms with E-state index in [2.05, 4.69) is 15.5 Å². The molecule has 1 aliphatic heterocycles. The van der Waals surface area contributed by atoms with Gasteiger partial charge in [0.15, 0.2) is 0 Å². The summed E-state index contributed by atoms with van der Waals surface area (Å²) in [5.74, 6) is 0. The third-order valence-corrected chi connectivity index (χ3v) is 6.56. The van der Waals surface area contributed by atoms with Crippen LogP contribution in [-0.4, -0.2) is 48.0 Å².